The zero-order valence-electron chi connectivity index (χ0n) is 10.7. The summed E-state index contributed by atoms with van der Waals surface area (Å²) in [6, 6.07) is 11.5. The predicted molar refractivity (Wildman–Crippen MR) is 87.7 cm³/mol. The molecule has 0 aliphatic carbocycles. The van der Waals surface area contributed by atoms with E-state index < -0.39 is 0 Å². The highest BCUT2D eigenvalue weighted by Gasteiger charge is 2.10. The Morgan fingerprint density at radius 1 is 1.10 bits per heavy atom. The van der Waals surface area contributed by atoms with Gasteiger partial charge in [0.15, 0.2) is 0 Å². The fourth-order valence-corrected chi connectivity index (χ4v) is 2.71. The minimum atomic E-state index is 0.451. The van der Waals surface area contributed by atoms with Gasteiger partial charge in [-0.3, -0.25) is 0 Å². The normalized spacial score (nSPS) is 10.6. The van der Waals surface area contributed by atoms with Crippen molar-refractivity contribution in [3.8, 4) is 5.75 Å². The molecule has 0 amide bonds. The Balaban J connectivity index is 2.17. The summed E-state index contributed by atoms with van der Waals surface area (Å²) >= 11 is 15.6. The third kappa shape index (κ3) is 4.13. The molecule has 0 atom stereocenters. The Bertz CT molecular complexity index is 587. The average molecular weight is 375 g/mol. The lowest BCUT2D eigenvalue weighted by molar-refractivity contribution is 0.303. The van der Waals surface area contributed by atoms with Crippen molar-refractivity contribution < 1.29 is 4.74 Å². The van der Waals surface area contributed by atoms with E-state index in [-0.39, 0.29) is 0 Å². The van der Waals surface area contributed by atoms with Gasteiger partial charge in [0.1, 0.15) is 12.4 Å². The SMILES string of the molecule is NCCc1cc(Cl)cc(Cl)c1OCc1ccc(Br)cc1. The fraction of sp³-hybridized carbons (Fsp3) is 0.200. The first-order chi connectivity index (χ1) is 9.60. The van der Waals surface area contributed by atoms with Crippen LogP contribution >= 0.6 is 39.1 Å². The van der Waals surface area contributed by atoms with Crippen molar-refractivity contribution in [2.45, 2.75) is 13.0 Å². The standard InChI is InChI=1S/C15H14BrCl2NO/c16-12-3-1-10(2-4-12)9-20-15-11(5-6-19)7-13(17)8-14(15)18/h1-4,7-8H,5-6,9,19H2. The maximum absolute atomic E-state index is 6.20. The van der Waals surface area contributed by atoms with Gasteiger partial charge in [-0.25, -0.2) is 0 Å². The van der Waals surface area contributed by atoms with Crippen LogP contribution in [0.25, 0.3) is 0 Å². The van der Waals surface area contributed by atoms with Crippen LogP contribution < -0.4 is 10.5 Å². The van der Waals surface area contributed by atoms with Crippen molar-refractivity contribution in [2.75, 3.05) is 6.54 Å². The second-order valence-electron chi connectivity index (χ2n) is 4.33. The van der Waals surface area contributed by atoms with E-state index in [0.29, 0.717) is 35.4 Å². The molecule has 0 aliphatic heterocycles. The smallest absolute Gasteiger partial charge is 0.141 e. The molecule has 0 unspecified atom stereocenters. The average Bonchev–Trinajstić information content (AvgIpc) is 2.40. The van der Waals surface area contributed by atoms with Crippen LogP contribution in [0.4, 0.5) is 0 Å². The van der Waals surface area contributed by atoms with E-state index >= 15 is 0 Å². The maximum atomic E-state index is 6.20. The lowest BCUT2D eigenvalue weighted by Gasteiger charge is -2.13. The van der Waals surface area contributed by atoms with Crippen LogP contribution in [0.3, 0.4) is 0 Å². The van der Waals surface area contributed by atoms with Gasteiger partial charge >= 0.3 is 0 Å². The zero-order chi connectivity index (χ0) is 14.5. The Kier molecular flexibility index (Phi) is 5.73. The number of ether oxygens (including phenoxy) is 1. The second-order valence-corrected chi connectivity index (χ2v) is 6.09. The van der Waals surface area contributed by atoms with Crippen molar-refractivity contribution in [1.29, 1.82) is 0 Å². The summed E-state index contributed by atoms with van der Waals surface area (Å²) in [5.41, 5.74) is 7.61. The highest BCUT2D eigenvalue weighted by atomic mass is 79.9. The summed E-state index contributed by atoms with van der Waals surface area (Å²) in [6.45, 7) is 0.970. The molecule has 2 rings (SSSR count). The highest BCUT2D eigenvalue weighted by Crippen LogP contribution is 2.33. The van der Waals surface area contributed by atoms with Crippen LogP contribution in [0.15, 0.2) is 40.9 Å². The summed E-state index contributed by atoms with van der Waals surface area (Å²) in [5.74, 6) is 0.657. The molecule has 0 radical (unpaired) electrons. The van der Waals surface area contributed by atoms with Crippen LogP contribution in [-0.2, 0) is 13.0 Å². The molecule has 2 aromatic rings. The molecule has 0 aromatic heterocycles. The maximum Gasteiger partial charge on any atom is 0.141 e. The molecule has 0 heterocycles. The van der Waals surface area contributed by atoms with Gasteiger partial charge in [0.2, 0.25) is 0 Å². The van der Waals surface area contributed by atoms with Gasteiger partial charge in [0.25, 0.3) is 0 Å². The molecule has 0 saturated carbocycles. The molecular formula is C15H14BrCl2NO. The van der Waals surface area contributed by atoms with Gasteiger partial charge < -0.3 is 10.5 Å². The first-order valence-electron chi connectivity index (χ1n) is 6.15. The number of hydrogen-bond donors (Lipinski definition) is 1. The number of halogens is 3. The van der Waals surface area contributed by atoms with Crippen LogP contribution in [0, 0.1) is 0 Å². The van der Waals surface area contributed by atoms with E-state index in [1.807, 2.05) is 30.3 Å². The molecular weight excluding hydrogens is 361 g/mol. The second kappa shape index (κ2) is 7.32. The molecule has 0 spiro atoms. The number of rotatable bonds is 5. The topological polar surface area (TPSA) is 35.2 Å². The lowest BCUT2D eigenvalue weighted by Crippen LogP contribution is -2.06. The van der Waals surface area contributed by atoms with Crippen molar-refractivity contribution in [3.63, 3.8) is 0 Å². The minimum absolute atomic E-state index is 0.451. The zero-order valence-corrected chi connectivity index (χ0v) is 13.8. The summed E-state index contributed by atoms with van der Waals surface area (Å²) in [7, 11) is 0. The van der Waals surface area contributed by atoms with Crippen LogP contribution in [0.5, 0.6) is 5.75 Å². The van der Waals surface area contributed by atoms with Crippen LogP contribution in [0.2, 0.25) is 10.0 Å². The monoisotopic (exact) mass is 373 g/mol. The molecule has 0 saturated heterocycles. The largest absolute Gasteiger partial charge is 0.487 e. The molecule has 0 bridgehead atoms. The van der Waals surface area contributed by atoms with Crippen LogP contribution in [-0.4, -0.2) is 6.54 Å². The summed E-state index contributed by atoms with van der Waals surface area (Å²) in [5, 5.41) is 1.10. The first kappa shape index (κ1) is 15.6. The lowest BCUT2D eigenvalue weighted by atomic mass is 10.1. The third-order valence-electron chi connectivity index (χ3n) is 2.80. The van der Waals surface area contributed by atoms with E-state index in [9.17, 15) is 0 Å². The van der Waals surface area contributed by atoms with E-state index in [2.05, 4.69) is 15.9 Å². The Morgan fingerprint density at radius 2 is 1.80 bits per heavy atom. The van der Waals surface area contributed by atoms with Crippen molar-refractivity contribution in [3.05, 3.63) is 62.0 Å². The van der Waals surface area contributed by atoms with E-state index in [4.69, 9.17) is 33.7 Å². The minimum Gasteiger partial charge on any atom is -0.487 e. The van der Waals surface area contributed by atoms with Gasteiger partial charge in [-0.1, -0.05) is 51.3 Å². The van der Waals surface area contributed by atoms with Gasteiger partial charge in [0.05, 0.1) is 5.02 Å². The molecule has 2 nitrogen and oxygen atoms in total. The number of benzene rings is 2. The Labute approximate surface area is 137 Å². The summed E-state index contributed by atoms with van der Waals surface area (Å²) in [4.78, 5) is 0. The highest BCUT2D eigenvalue weighted by molar-refractivity contribution is 9.10. The van der Waals surface area contributed by atoms with Gasteiger partial charge in [0, 0.05) is 9.50 Å². The summed E-state index contributed by atoms with van der Waals surface area (Å²) < 4.78 is 6.88. The van der Waals surface area contributed by atoms with Crippen molar-refractivity contribution >= 4 is 39.1 Å². The van der Waals surface area contributed by atoms with Gasteiger partial charge in [-0.15, -0.1) is 0 Å². The molecule has 20 heavy (non-hydrogen) atoms. The van der Waals surface area contributed by atoms with E-state index in [1.54, 1.807) is 6.07 Å². The first-order valence-corrected chi connectivity index (χ1v) is 7.70. The molecule has 0 fully saturated rings. The predicted octanol–water partition coefficient (Wildman–Crippen LogP) is 4.84. The van der Waals surface area contributed by atoms with Gasteiger partial charge in [-0.2, -0.15) is 0 Å². The molecule has 106 valence electrons. The quantitative estimate of drug-likeness (QED) is 0.812. The summed E-state index contributed by atoms with van der Waals surface area (Å²) in [6.07, 6.45) is 0.677. The Hall–Kier alpha value is -0.740. The molecule has 2 aromatic carbocycles. The molecule has 0 aliphatic rings. The van der Waals surface area contributed by atoms with E-state index in [0.717, 1.165) is 15.6 Å². The fourth-order valence-electron chi connectivity index (χ4n) is 1.85. The molecule has 2 N–H and O–H groups in total. The number of nitrogens with two attached hydrogens (primary N) is 1. The molecule has 5 heteroatoms. The van der Waals surface area contributed by atoms with Crippen LogP contribution in [0.1, 0.15) is 11.1 Å². The van der Waals surface area contributed by atoms with E-state index in [1.165, 1.54) is 0 Å². The third-order valence-corrected chi connectivity index (χ3v) is 3.82. The Morgan fingerprint density at radius 3 is 2.45 bits per heavy atom. The van der Waals surface area contributed by atoms with Crippen molar-refractivity contribution in [2.24, 2.45) is 5.73 Å². The number of hydrogen-bond acceptors (Lipinski definition) is 2. The van der Waals surface area contributed by atoms with Gasteiger partial charge in [-0.05, 0) is 48.4 Å². The van der Waals surface area contributed by atoms with Crippen molar-refractivity contribution in [1.82, 2.24) is 0 Å².